The Morgan fingerprint density at radius 2 is 1.85 bits per heavy atom. The van der Waals surface area contributed by atoms with Crippen LogP contribution in [0.3, 0.4) is 0 Å². The summed E-state index contributed by atoms with van der Waals surface area (Å²) in [7, 11) is 0. The molecule has 1 spiro atoms. The van der Waals surface area contributed by atoms with Crippen molar-refractivity contribution in [3.63, 3.8) is 0 Å². The summed E-state index contributed by atoms with van der Waals surface area (Å²) < 4.78 is 13.4. The van der Waals surface area contributed by atoms with Crippen molar-refractivity contribution in [1.29, 1.82) is 0 Å². The highest BCUT2D eigenvalue weighted by Gasteiger charge is 2.52. The van der Waals surface area contributed by atoms with E-state index in [0.717, 1.165) is 15.3 Å². The number of amides is 4. The average molecular weight is 464 g/mol. The quantitative estimate of drug-likeness (QED) is 0.568. The van der Waals surface area contributed by atoms with Crippen LogP contribution in [-0.4, -0.2) is 34.8 Å². The largest absolute Gasteiger partial charge is 0.343 e. The molecule has 1 aliphatic heterocycles. The van der Waals surface area contributed by atoms with Gasteiger partial charge in [0.25, 0.3) is 5.91 Å². The van der Waals surface area contributed by atoms with Gasteiger partial charge in [0.15, 0.2) is 0 Å². The Labute approximate surface area is 194 Å². The third-order valence-electron chi connectivity index (χ3n) is 6.32. The van der Waals surface area contributed by atoms with Crippen molar-refractivity contribution in [2.24, 2.45) is 0 Å². The number of halogens is 1. The number of imide groups is 1. The predicted molar refractivity (Wildman–Crippen MR) is 122 cm³/mol. The molecule has 0 saturated carbocycles. The van der Waals surface area contributed by atoms with Gasteiger partial charge in [0.05, 0.1) is 6.04 Å². The summed E-state index contributed by atoms with van der Waals surface area (Å²) in [5.74, 6) is -1.20. The first-order chi connectivity index (χ1) is 15.9. The van der Waals surface area contributed by atoms with Crippen LogP contribution in [-0.2, 0) is 22.4 Å². The molecule has 2 aliphatic rings. The van der Waals surface area contributed by atoms with Crippen molar-refractivity contribution in [1.82, 2.24) is 15.5 Å². The molecule has 2 aromatic carbocycles. The number of nitrogens with zero attached hydrogens (tertiary/aromatic N) is 1. The average Bonchev–Trinajstić information content (AvgIpc) is 3.42. The van der Waals surface area contributed by atoms with Crippen LogP contribution in [0, 0.1) is 5.82 Å². The van der Waals surface area contributed by atoms with Gasteiger partial charge in [-0.05, 0) is 53.1 Å². The Balaban J connectivity index is 1.32. The number of carbonyl (C=O) groups excluding carboxylic acids is 3. The lowest BCUT2D eigenvalue weighted by Gasteiger charge is -2.32. The van der Waals surface area contributed by atoms with Gasteiger partial charge >= 0.3 is 6.03 Å². The molecule has 1 aliphatic carbocycles. The van der Waals surface area contributed by atoms with Gasteiger partial charge in [-0.3, -0.25) is 14.5 Å². The molecule has 0 radical (unpaired) electrons. The maximum Gasteiger partial charge on any atom is 0.325 e. The first-order valence-electron chi connectivity index (χ1n) is 10.7. The molecule has 1 fully saturated rings. The number of hydrogen-bond acceptors (Lipinski definition) is 4. The molecule has 5 rings (SSSR count). The summed E-state index contributed by atoms with van der Waals surface area (Å²) in [6.45, 7) is -0.378. The number of thiophene rings is 1. The summed E-state index contributed by atoms with van der Waals surface area (Å²) in [5.41, 5.74) is 1.93. The van der Waals surface area contributed by atoms with Crippen LogP contribution in [0.5, 0.6) is 0 Å². The number of carbonyl (C=O) groups is 3. The van der Waals surface area contributed by atoms with Crippen LogP contribution in [0.15, 0.2) is 66.0 Å². The lowest BCUT2D eigenvalue weighted by atomic mass is 9.78. The standard InChI is InChI=1S/C25H22FN3O3S/c26-19-9-7-17(8-10-19)22(20-6-3-13-33-20)27-21(30)15-29-23(31)25(28-24(29)32)12-11-16-4-1-2-5-18(16)14-25/h1-10,13,22H,11-12,14-15H2,(H,27,30)(H,28,32). The van der Waals surface area contributed by atoms with Crippen molar-refractivity contribution < 1.29 is 18.8 Å². The lowest BCUT2D eigenvalue weighted by molar-refractivity contribution is -0.135. The molecule has 2 unspecified atom stereocenters. The zero-order chi connectivity index (χ0) is 23.0. The van der Waals surface area contributed by atoms with E-state index in [1.807, 2.05) is 41.8 Å². The van der Waals surface area contributed by atoms with E-state index in [9.17, 15) is 18.8 Å². The van der Waals surface area contributed by atoms with Gasteiger partial charge in [0.1, 0.15) is 17.9 Å². The third-order valence-corrected chi connectivity index (χ3v) is 7.25. The second-order valence-electron chi connectivity index (χ2n) is 8.42. The highest BCUT2D eigenvalue weighted by Crippen LogP contribution is 2.33. The van der Waals surface area contributed by atoms with Crippen molar-refractivity contribution in [2.75, 3.05) is 6.54 Å². The Morgan fingerprint density at radius 3 is 2.58 bits per heavy atom. The maximum absolute atomic E-state index is 13.4. The zero-order valence-electron chi connectivity index (χ0n) is 17.7. The first kappa shape index (κ1) is 21.3. The number of rotatable bonds is 5. The van der Waals surface area contributed by atoms with Gasteiger partial charge < -0.3 is 10.6 Å². The lowest BCUT2D eigenvalue weighted by Crippen LogP contribution is -2.51. The van der Waals surface area contributed by atoms with E-state index in [1.54, 1.807) is 12.1 Å². The molecule has 0 bridgehead atoms. The molecule has 4 amide bonds. The fraction of sp³-hybridized carbons (Fsp3) is 0.240. The van der Waals surface area contributed by atoms with Crippen molar-refractivity contribution in [3.8, 4) is 0 Å². The smallest absolute Gasteiger partial charge is 0.325 e. The molecular formula is C25H22FN3O3S. The highest BCUT2D eigenvalue weighted by atomic mass is 32.1. The molecule has 2 N–H and O–H groups in total. The highest BCUT2D eigenvalue weighted by molar-refractivity contribution is 7.10. The van der Waals surface area contributed by atoms with Crippen molar-refractivity contribution in [3.05, 3.63) is 93.4 Å². The minimum Gasteiger partial charge on any atom is -0.343 e. The van der Waals surface area contributed by atoms with E-state index in [4.69, 9.17) is 0 Å². The number of nitrogens with one attached hydrogen (secondary N) is 2. The Morgan fingerprint density at radius 1 is 1.09 bits per heavy atom. The summed E-state index contributed by atoms with van der Waals surface area (Å²) in [6, 6.07) is 16.5. The first-order valence-corrected chi connectivity index (χ1v) is 11.6. The number of urea groups is 1. The van der Waals surface area contributed by atoms with Gasteiger partial charge in [0, 0.05) is 11.3 Å². The van der Waals surface area contributed by atoms with Crippen molar-refractivity contribution >= 4 is 29.2 Å². The molecule has 2 heterocycles. The normalized spacial score (nSPS) is 20.5. The van der Waals surface area contributed by atoms with Crippen LogP contribution in [0.1, 0.15) is 34.0 Å². The summed E-state index contributed by atoms with van der Waals surface area (Å²) >= 11 is 1.46. The fourth-order valence-corrected chi connectivity index (χ4v) is 5.43. The minimum absolute atomic E-state index is 0.367. The van der Waals surface area contributed by atoms with Gasteiger partial charge in [0.2, 0.25) is 5.91 Å². The Bertz CT molecular complexity index is 1210. The summed E-state index contributed by atoms with van der Waals surface area (Å²) in [6.07, 6.45) is 1.60. The van der Waals surface area contributed by atoms with E-state index in [1.165, 1.54) is 29.0 Å². The molecule has 33 heavy (non-hydrogen) atoms. The molecular weight excluding hydrogens is 441 g/mol. The van der Waals surface area contributed by atoms with Crippen molar-refractivity contribution in [2.45, 2.75) is 30.8 Å². The Hall–Kier alpha value is -3.52. The topological polar surface area (TPSA) is 78.5 Å². The van der Waals surface area contributed by atoms with E-state index in [2.05, 4.69) is 10.6 Å². The van der Waals surface area contributed by atoms with E-state index in [-0.39, 0.29) is 18.3 Å². The van der Waals surface area contributed by atoms with Gasteiger partial charge in [-0.15, -0.1) is 11.3 Å². The summed E-state index contributed by atoms with van der Waals surface area (Å²) in [5, 5.41) is 7.65. The zero-order valence-corrected chi connectivity index (χ0v) is 18.5. The fourth-order valence-electron chi connectivity index (χ4n) is 4.62. The molecule has 168 valence electrons. The van der Waals surface area contributed by atoms with Gasteiger partial charge in [-0.2, -0.15) is 0 Å². The monoisotopic (exact) mass is 463 g/mol. The van der Waals surface area contributed by atoms with E-state index < -0.39 is 23.5 Å². The number of fused-ring (bicyclic) bond motifs is 1. The molecule has 1 aromatic heterocycles. The van der Waals surface area contributed by atoms with Crippen LogP contribution >= 0.6 is 11.3 Å². The molecule has 6 nitrogen and oxygen atoms in total. The minimum atomic E-state index is -1.00. The number of aryl methyl sites for hydroxylation is 1. The maximum atomic E-state index is 13.4. The van der Waals surface area contributed by atoms with E-state index >= 15 is 0 Å². The molecule has 2 atom stereocenters. The number of hydrogen-bond donors (Lipinski definition) is 2. The van der Waals surface area contributed by atoms with Crippen LogP contribution in [0.4, 0.5) is 9.18 Å². The van der Waals surface area contributed by atoms with Crippen LogP contribution in [0.25, 0.3) is 0 Å². The molecule has 8 heteroatoms. The van der Waals surface area contributed by atoms with Crippen LogP contribution < -0.4 is 10.6 Å². The Kier molecular flexibility index (Phi) is 5.46. The van der Waals surface area contributed by atoms with Gasteiger partial charge in [-0.1, -0.05) is 42.5 Å². The predicted octanol–water partition coefficient (Wildman–Crippen LogP) is 3.57. The summed E-state index contributed by atoms with van der Waals surface area (Å²) in [4.78, 5) is 40.8. The second kappa shape index (κ2) is 8.44. The molecule has 3 aromatic rings. The van der Waals surface area contributed by atoms with Gasteiger partial charge in [-0.25, -0.2) is 9.18 Å². The second-order valence-corrected chi connectivity index (χ2v) is 9.40. The third kappa shape index (κ3) is 4.02. The molecule has 1 saturated heterocycles. The van der Waals surface area contributed by atoms with Crippen LogP contribution in [0.2, 0.25) is 0 Å². The SMILES string of the molecule is O=C(CN1C(=O)NC2(CCc3ccccc3C2)C1=O)NC(c1ccc(F)cc1)c1cccs1. The van der Waals surface area contributed by atoms with E-state index in [0.29, 0.717) is 24.8 Å². The number of benzene rings is 2.